The van der Waals surface area contributed by atoms with Crippen LogP contribution in [0.15, 0.2) is 42.5 Å². The first kappa shape index (κ1) is 22.9. The van der Waals surface area contributed by atoms with E-state index in [-0.39, 0.29) is 18.7 Å². The maximum Gasteiger partial charge on any atom is 0.279 e. The summed E-state index contributed by atoms with van der Waals surface area (Å²) >= 11 is 0. The minimum atomic E-state index is -0.737. The summed E-state index contributed by atoms with van der Waals surface area (Å²) in [7, 11) is 0. The molecule has 0 heterocycles. The Kier molecular flexibility index (Phi) is 8.41. The van der Waals surface area contributed by atoms with Gasteiger partial charge in [0.1, 0.15) is 5.75 Å². The first-order valence-electron chi connectivity index (χ1n) is 9.98. The Bertz CT molecular complexity index is 911. The van der Waals surface area contributed by atoms with Crippen LogP contribution in [0.4, 0.5) is 5.69 Å². The SMILES string of the molecule is CCC(Oc1ccccc1C)C(=O)NNC(=O)CCC(=O)Nc1ccc(C)cc1C. The highest BCUT2D eigenvalue weighted by molar-refractivity contribution is 5.94. The predicted octanol–water partition coefficient (Wildman–Crippen LogP) is 3.34. The summed E-state index contributed by atoms with van der Waals surface area (Å²) in [6, 6.07) is 13.1. The van der Waals surface area contributed by atoms with E-state index in [4.69, 9.17) is 4.74 Å². The molecule has 30 heavy (non-hydrogen) atoms. The molecule has 7 nitrogen and oxygen atoms in total. The maximum absolute atomic E-state index is 12.3. The highest BCUT2D eigenvalue weighted by Gasteiger charge is 2.19. The fourth-order valence-corrected chi connectivity index (χ4v) is 2.83. The van der Waals surface area contributed by atoms with Gasteiger partial charge in [-0.25, -0.2) is 0 Å². The minimum absolute atomic E-state index is 0.00589. The molecule has 1 unspecified atom stereocenters. The second-order valence-electron chi connectivity index (χ2n) is 7.18. The number of rotatable bonds is 8. The molecule has 0 aliphatic rings. The van der Waals surface area contributed by atoms with Gasteiger partial charge in [0.05, 0.1) is 0 Å². The number of ether oxygens (including phenoxy) is 1. The van der Waals surface area contributed by atoms with Crippen molar-refractivity contribution in [2.45, 2.75) is 53.1 Å². The number of carbonyl (C=O) groups excluding carboxylic acids is 3. The summed E-state index contributed by atoms with van der Waals surface area (Å²) in [6.45, 7) is 7.60. The average molecular weight is 412 g/mol. The number of benzene rings is 2. The van der Waals surface area contributed by atoms with Crippen molar-refractivity contribution in [3.05, 3.63) is 59.2 Å². The van der Waals surface area contributed by atoms with Gasteiger partial charge in [0.15, 0.2) is 6.10 Å². The van der Waals surface area contributed by atoms with Gasteiger partial charge in [-0.3, -0.25) is 25.2 Å². The molecule has 0 aromatic heterocycles. The molecule has 3 N–H and O–H groups in total. The van der Waals surface area contributed by atoms with Gasteiger partial charge < -0.3 is 10.1 Å². The standard InChI is InChI=1S/C23H29N3O4/c1-5-19(30-20-9-7-6-8-16(20)3)23(29)26-25-22(28)13-12-21(27)24-18-11-10-15(2)14-17(18)4/h6-11,14,19H,5,12-13H2,1-4H3,(H,24,27)(H,25,28)(H,26,29). The molecule has 2 aromatic carbocycles. The first-order chi connectivity index (χ1) is 14.3. The zero-order chi connectivity index (χ0) is 22.1. The van der Waals surface area contributed by atoms with Crippen molar-refractivity contribution in [1.29, 1.82) is 0 Å². The molecule has 7 heteroatoms. The molecule has 0 saturated heterocycles. The average Bonchev–Trinajstić information content (AvgIpc) is 2.72. The van der Waals surface area contributed by atoms with Crippen LogP contribution in [0, 0.1) is 20.8 Å². The third kappa shape index (κ3) is 6.92. The summed E-state index contributed by atoms with van der Waals surface area (Å²) in [5.41, 5.74) is 8.41. The first-order valence-corrected chi connectivity index (χ1v) is 9.98. The van der Waals surface area contributed by atoms with Gasteiger partial charge in [-0.2, -0.15) is 0 Å². The summed E-state index contributed by atoms with van der Waals surface area (Å²) in [4.78, 5) is 36.4. The Morgan fingerprint density at radius 1 is 0.900 bits per heavy atom. The molecule has 0 fully saturated rings. The number of anilines is 1. The van der Waals surface area contributed by atoms with Crippen LogP contribution < -0.4 is 20.9 Å². The van der Waals surface area contributed by atoms with Crippen LogP contribution in [0.1, 0.15) is 42.9 Å². The Hall–Kier alpha value is -3.35. The van der Waals surface area contributed by atoms with Crippen LogP contribution in [0.2, 0.25) is 0 Å². The minimum Gasteiger partial charge on any atom is -0.480 e. The molecule has 0 bridgehead atoms. The van der Waals surface area contributed by atoms with Gasteiger partial charge in [-0.1, -0.05) is 42.8 Å². The topological polar surface area (TPSA) is 96.5 Å². The van der Waals surface area contributed by atoms with Gasteiger partial charge in [-0.05, 0) is 50.5 Å². The number of para-hydroxylation sites is 1. The third-order valence-corrected chi connectivity index (χ3v) is 4.59. The Morgan fingerprint density at radius 2 is 1.60 bits per heavy atom. The van der Waals surface area contributed by atoms with Gasteiger partial charge in [0, 0.05) is 18.5 Å². The lowest BCUT2D eigenvalue weighted by molar-refractivity contribution is -0.133. The van der Waals surface area contributed by atoms with Crippen LogP contribution in [0.3, 0.4) is 0 Å². The zero-order valence-corrected chi connectivity index (χ0v) is 17.9. The summed E-state index contributed by atoms with van der Waals surface area (Å²) in [6.07, 6.45) is -0.341. The van der Waals surface area contributed by atoms with Crippen molar-refractivity contribution >= 4 is 23.4 Å². The second kappa shape index (κ2) is 11.0. The molecule has 0 aliphatic carbocycles. The van der Waals surface area contributed by atoms with E-state index in [1.54, 1.807) is 6.07 Å². The van der Waals surface area contributed by atoms with E-state index >= 15 is 0 Å². The lowest BCUT2D eigenvalue weighted by Crippen LogP contribution is -2.48. The number of hydrogen-bond acceptors (Lipinski definition) is 4. The number of aryl methyl sites for hydroxylation is 3. The van der Waals surface area contributed by atoms with Crippen molar-refractivity contribution in [1.82, 2.24) is 10.9 Å². The predicted molar refractivity (Wildman–Crippen MR) is 116 cm³/mol. The maximum atomic E-state index is 12.3. The van der Waals surface area contributed by atoms with Crippen LogP contribution in [-0.4, -0.2) is 23.8 Å². The van der Waals surface area contributed by atoms with E-state index < -0.39 is 17.9 Å². The van der Waals surface area contributed by atoms with Gasteiger partial charge >= 0.3 is 0 Å². The molecule has 0 aliphatic heterocycles. The van der Waals surface area contributed by atoms with Crippen molar-refractivity contribution in [3.8, 4) is 5.75 Å². The van der Waals surface area contributed by atoms with Crippen LogP contribution >= 0.6 is 0 Å². The van der Waals surface area contributed by atoms with E-state index in [0.717, 1.165) is 22.4 Å². The van der Waals surface area contributed by atoms with Crippen LogP contribution in [-0.2, 0) is 14.4 Å². The quantitative estimate of drug-likeness (QED) is 0.581. The van der Waals surface area contributed by atoms with E-state index in [9.17, 15) is 14.4 Å². The van der Waals surface area contributed by atoms with E-state index in [1.807, 2.05) is 64.1 Å². The molecule has 3 amide bonds. The van der Waals surface area contributed by atoms with Crippen LogP contribution in [0.5, 0.6) is 5.75 Å². The normalized spacial score (nSPS) is 11.3. The fraction of sp³-hybridized carbons (Fsp3) is 0.348. The largest absolute Gasteiger partial charge is 0.480 e. The highest BCUT2D eigenvalue weighted by Crippen LogP contribution is 2.19. The molecule has 0 radical (unpaired) electrons. The number of hydrogen-bond donors (Lipinski definition) is 3. The monoisotopic (exact) mass is 411 g/mol. The van der Waals surface area contributed by atoms with Crippen molar-refractivity contribution < 1.29 is 19.1 Å². The van der Waals surface area contributed by atoms with E-state index in [1.165, 1.54) is 0 Å². The Morgan fingerprint density at radius 3 is 2.27 bits per heavy atom. The Labute approximate surface area is 177 Å². The molecule has 160 valence electrons. The van der Waals surface area contributed by atoms with Gasteiger partial charge in [0.25, 0.3) is 5.91 Å². The molecule has 0 spiro atoms. The van der Waals surface area contributed by atoms with Crippen LogP contribution in [0.25, 0.3) is 0 Å². The zero-order valence-electron chi connectivity index (χ0n) is 17.9. The molecular weight excluding hydrogens is 382 g/mol. The number of nitrogens with one attached hydrogen (secondary N) is 3. The number of hydrazine groups is 1. The van der Waals surface area contributed by atoms with Crippen molar-refractivity contribution in [2.24, 2.45) is 0 Å². The lowest BCUT2D eigenvalue weighted by Gasteiger charge is -2.18. The van der Waals surface area contributed by atoms with E-state index in [2.05, 4.69) is 16.2 Å². The molecule has 2 rings (SSSR count). The summed E-state index contributed by atoms with van der Waals surface area (Å²) < 4.78 is 5.75. The molecule has 1 atom stereocenters. The third-order valence-electron chi connectivity index (χ3n) is 4.59. The summed E-state index contributed by atoms with van der Waals surface area (Å²) in [5, 5.41) is 2.79. The smallest absolute Gasteiger partial charge is 0.279 e. The second-order valence-corrected chi connectivity index (χ2v) is 7.18. The molecule has 0 saturated carbocycles. The number of carbonyl (C=O) groups is 3. The fourth-order valence-electron chi connectivity index (χ4n) is 2.83. The summed E-state index contributed by atoms with van der Waals surface area (Å²) in [5.74, 6) is -0.551. The van der Waals surface area contributed by atoms with Gasteiger partial charge in [0.2, 0.25) is 11.8 Å². The Balaban J connectivity index is 1.76. The number of amides is 3. The van der Waals surface area contributed by atoms with Gasteiger partial charge in [-0.15, -0.1) is 0 Å². The van der Waals surface area contributed by atoms with E-state index in [0.29, 0.717) is 12.2 Å². The highest BCUT2D eigenvalue weighted by atomic mass is 16.5. The molecular formula is C23H29N3O4. The molecule has 2 aromatic rings. The lowest BCUT2D eigenvalue weighted by atomic mass is 10.1. The van der Waals surface area contributed by atoms with Crippen molar-refractivity contribution in [2.75, 3.05) is 5.32 Å². The van der Waals surface area contributed by atoms with Crippen molar-refractivity contribution in [3.63, 3.8) is 0 Å².